The van der Waals surface area contributed by atoms with E-state index in [1.54, 1.807) is 11.0 Å². The molecule has 2 amide bonds. The fourth-order valence-corrected chi connectivity index (χ4v) is 3.39. The highest BCUT2D eigenvalue weighted by molar-refractivity contribution is 8.23. The van der Waals surface area contributed by atoms with Crippen LogP contribution in [0.3, 0.4) is 0 Å². The lowest BCUT2D eigenvalue weighted by Gasteiger charge is -2.14. The summed E-state index contributed by atoms with van der Waals surface area (Å²) in [5, 5.41) is 2.73. The van der Waals surface area contributed by atoms with Crippen LogP contribution in [0.4, 0.5) is 10.1 Å². The smallest absolute Gasteiger partial charge is 0.238 e. The first kappa shape index (κ1) is 17.9. The number of rotatable bonds is 7. The van der Waals surface area contributed by atoms with Crippen molar-refractivity contribution in [2.75, 3.05) is 17.6 Å². The molecule has 0 aromatic heterocycles. The van der Waals surface area contributed by atoms with E-state index in [0.29, 0.717) is 28.7 Å². The van der Waals surface area contributed by atoms with Crippen molar-refractivity contribution in [2.45, 2.75) is 32.6 Å². The Labute approximate surface area is 144 Å². The molecule has 1 saturated heterocycles. The van der Waals surface area contributed by atoms with Gasteiger partial charge in [0.2, 0.25) is 11.8 Å². The van der Waals surface area contributed by atoms with Gasteiger partial charge in [-0.15, -0.1) is 0 Å². The lowest BCUT2D eigenvalue weighted by Crippen LogP contribution is -2.29. The third-order valence-electron chi connectivity index (χ3n) is 3.60. The highest BCUT2D eigenvalue weighted by Crippen LogP contribution is 2.20. The summed E-state index contributed by atoms with van der Waals surface area (Å²) in [5.41, 5.74) is 1.35. The Bertz CT molecular complexity index is 606. The number of nitrogens with one attached hydrogen (secondary N) is 1. The number of benzene rings is 1. The van der Waals surface area contributed by atoms with Crippen molar-refractivity contribution >= 4 is 45.8 Å². The van der Waals surface area contributed by atoms with Crippen molar-refractivity contribution in [3.8, 4) is 0 Å². The molecule has 23 heavy (non-hydrogen) atoms. The van der Waals surface area contributed by atoms with Crippen molar-refractivity contribution < 1.29 is 14.0 Å². The average molecular weight is 354 g/mol. The van der Waals surface area contributed by atoms with Crippen LogP contribution in [0.2, 0.25) is 0 Å². The van der Waals surface area contributed by atoms with E-state index < -0.39 is 0 Å². The molecule has 0 atom stereocenters. The van der Waals surface area contributed by atoms with E-state index in [1.165, 1.54) is 23.9 Å². The molecule has 4 nitrogen and oxygen atoms in total. The summed E-state index contributed by atoms with van der Waals surface area (Å²) >= 11 is 6.50. The van der Waals surface area contributed by atoms with Gasteiger partial charge in [-0.3, -0.25) is 14.5 Å². The normalized spacial score (nSPS) is 14.4. The number of amides is 2. The minimum atomic E-state index is -0.366. The number of halogens is 1. The second kappa shape index (κ2) is 8.40. The fourth-order valence-electron chi connectivity index (χ4n) is 2.27. The van der Waals surface area contributed by atoms with Crippen LogP contribution in [0.1, 0.15) is 31.2 Å². The summed E-state index contributed by atoms with van der Waals surface area (Å²) in [6, 6.07) is 4.33. The molecule has 0 spiro atoms. The summed E-state index contributed by atoms with van der Waals surface area (Å²) < 4.78 is 13.8. The number of thiocarbonyl (C=S) groups is 1. The van der Waals surface area contributed by atoms with Crippen molar-refractivity contribution in [1.29, 1.82) is 0 Å². The zero-order valence-electron chi connectivity index (χ0n) is 12.9. The summed E-state index contributed by atoms with van der Waals surface area (Å²) in [6.07, 6.45) is 2.76. The maximum absolute atomic E-state index is 13.2. The Balaban J connectivity index is 1.66. The molecule has 0 saturated carbocycles. The second-order valence-electron chi connectivity index (χ2n) is 5.42. The number of anilines is 1. The number of thioether (sulfide) groups is 1. The molecule has 0 bridgehead atoms. The Kier molecular flexibility index (Phi) is 6.53. The van der Waals surface area contributed by atoms with Crippen molar-refractivity contribution in [2.24, 2.45) is 0 Å². The average Bonchev–Trinajstić information content (AvgIpc) is 2.82. The molecule has 7 heteroatoms. The van der Waals surface area contributed by atoms with E-state index in [9.17, 15) is 14.0 Å². The van der Waals surface area contributed by atoms with Gasteiger partial charge in [0.1, 0.15) is 10.1 Å². The zero-order valence-corrected chi connectivity index (χ0v) is 14.6. The van der Waals surface area contributed by atoms with E-state index in [-0.39, 0.29) is 17.6 Å². The second-order valence-corrected chi connectivity index (χ2v) is 7.03. The molecule has 0 radical (unpaired) electrons. The van der Waals surface area contributed by atoms with Crippen LogP contribution < -0.4 is 5.32 Å². The number of nitrogens with zero attached hydrogens (tertiary/aromatic N) is 1. The van der Waals surface area contributed by atoms with Crippen molar-refractivity contribution in [3.63, 3.8) is 0 Å². The first-order chi connectivity index (χ1) is 11.0. The number of carbonyl (C=O) groups is 2. The SMILES string of the molecule is Cc1ccc(F)cc1NC(=O)CCCCCN1C(=O)CSC1=S. The van der Waals surface area contributed by atoms with Gasteiger partial charge in [-0.25, -0.2) is 4.39 Å². The third kappa shape index (κ3) is 5.28. The molecule has 1 aliphatic rings. The monoisotopic (exact) mass is 354 g/mol. The van der Waals surface area contributed by atoms with Gasteiger partial charge in [-0.2, -0.15) is 0 Å². The molecule has 0 aliphatic carbocycles. The van der Waals surface area contributed by atoms with Crippen LogP contribution in [0.5, 0.6) is 0 Å². The molecule has 1 aromatic carbocycles. The molecule has 0 unspecified atom stereocenters. The summed E-state index contributed by atoms with van der Waals surface area (Å²) in [6.45, 7) is 2.44. The zero-order chi connectivity index (χ0) is 16.8. The van der Waals surface area contributed by atoms with Crippen LogP contribution in [-0.2, 0) is 9.59 Å². The predicted octanol–water partition coefficient (Wildman–Crippen LogP) is 3.49. The summed E-state index contributed by atoms with van der Waals surface area (Å²) in [4.78, 5) is 25.1. The quantitative estimate of drug-likeness (QED) is 0.601. The first-order valence-corrected chi connectivity index (χ1v) is 8.90. The van der Waals surface area contributed by atoms with Crippen LogP contribution in [0, 0.1) is 12.7 Å². The number of hydrogen-bond donors (Lipinski definition) is 1. The maximum Gasteiger partial charge on any atom is 0.238 e. The molecular weight excluding hydrogens is 335 g/mol. The van der Waals surface area contributed by atoms with E-state index in [4.69, 9.17) is 12.2 Å². The predicted molar refractivity (Wildman–Crippen MR) is 95.0 cm³/mol. The topological polar surface area (TPSA) is 49.4 Å². The summed E-state index contributed by atoms with van der Waals surface area (Å²) in [7, 11) is 0. The van der Waals surface area contributed by atoms with Crippen molar-refractivity contribution in [1.82, 2.24) is 4.90 Å². The third-order valence-corrected chi connectivity index (χ3v) is 5.03. The first-order valence-electron chi connectivity index (χ1n) is 7.50. The lowest BCUT2D eigenvalue weighted by atomic mass is 10.1. The molecule has 1 N–H and O–H groups in total. The van der Waals surface area contributed by atoms with E-state index in [0.717, 1.165) is 24.8 Å². The van der Waals surface area contributed by atoms with Crippen LogP contribution in [0.25, 0.3) is 0 Å². The molecule has 1 aromatic rings. The Hall–Kier alpha value is -1.47. The van der Waals surface area contributed by atoms with Gasteiger partial charge >= 0.3 is 0 Å². The molecular formula is C16H19FN2O2S2. The largest absolute Gasteiger partial charge is 0.326 e. The highest BCUT2D eigenvalue weighted by atomic mass is 32.2. The Morgan fingerprint density at radius 2 is 2.17 bits per heavy atom. The molecule has 1 heterocycles. The van der Waals surface area contributed by atoms with Gasteiger partial charge < -0.3 is 5.32 Å². The fraction of sp³-hybridized carbons (Fsp3) is 0.438. The van der Waals surface area contributed by atoms with Crippen LogP contribution in [0.15, 0.2) is 18.2 Å². The molecule has 1 aliphatic heterocycles. The van der Waals surface area contributed by atoms with E-state index in [1.807, 2.05) is 6.92 Å². The summed E-state index contributed by atoms with van der Waals surface area (Å²) in [5.74, 6) is 0.0187. The van der Waals surface area contributed by atoms with Gasteiger partial charge in [0.25, 0.3) is 0 Å². The van der Waals surface area contributed by atoms with Gasteiger partial charge in [0.05, 0.1) is 5.75 Å². The van der Waals surface area contributed by atoms with Crippen LogP contribution >= 0.6 is 24.0 Å². The molecule has 124 valence electrons. The molecule has 2 rings (SSSR count). The van der Waals surface area contributed by atoms with E-state index >= 15 is 0 Å². The van der Waals surface area contributed by atoms with Gasteiger partial charge in [-0.1, -0.05) is 36.5 Å². The van der Waals surface area contributed by atoms with Gasteiger partial charge in [-0.05, 0) is 37.5 Å². The van der Waals surface area contributed by atoms with Gasteiger partial charge in [0.15, 0.2) is 0 Å². The molecule has 1 fully saturated rings. The standard InChI is InChI=1S/C16H19FN2O2S2/c1-11-6-7-12(17)9-13(11)18-14(20)5-3-2-4-8-19-15(21)10-23-16(19)22/h6-7,9H,2-5,8,10H2,1H3,(H,18,20). The van der Waals surface area contributed by atoms with Crippen LogP contribution in [-0.4, -0.2) is 33.3 Å². The highest BCUT2D eigenvalue weighted by Gasteiger charge is 2.25. The van der Waals surface area contributed by atoms with Crippen molar-refractivity contribution in [3.05, 3.63) is 29.6 Å². The number of aryl methyl sites for hydroxylation is 1. The lowest BCUT2D eigenvalue weighted by molar-refractivity contribution is -0.124. The minimum absolute atomic E-state index is 0.0688. The van der Waals surface area contributed by atoms with E-state index in [2.05, 4.69) is 5.32 Å². The Morgan fingerprint density at radius 3 is 2.87 bits per heavy atom. The number of hydrogen-bond acceptors (Lipinski definition) is 4. The Morgan fingerprint density at radius 1 is 1.39 bits per heavy atom. The maximum atomic E-state index is 13.2. The minimum Gasteiger partial charge on any atom is -0.326 e. The number of carbonyl (C=O) groups excluding carboxylic acids is 2. The van der Waals surface area contributed by atoms with Gasteiger partial charge in [0, 0.05) is 18.7 Å². The number of unbranched alkanes of at least 4 members (excludes halogenated alkanes) is 2.